The number of imidazole rings is 1. The van der Waals surface area contributed by atoms with Crippen molar-refractivity contribution in [2.24, 2.45) is 7.05 Å². The SMILES string of the molecule is CN(C)c1ccc(NC(=O)CN2C3CCC2CC(O)(c2nccn2C)C3)cc1. The molecule has 0 saturated carbocycles. The van der Waals surface area contributed by atoms with Gasteiger partial charge in [-0.3, -0.25) is 9.69 Å². The lowest BCUT2D eigenvalue weighted by atomic mass is 9.85. The summed E-state index contributed by atoms with van der Waals surface area (Å²) in [5.41, 5.74) is 1.00. The molecule has 4 rings (SSSR count). The van der Waals surface area contributed by atoms with E-state index in [9.17, 15) is 9.90 Å². The fourth-order valence-electron chi connectivity index (χ4n) is 4.78. The molecular formula is C21H29N5O2. The highest BCUT2D eigenvalue weighted by Gasteiger charge is 2.50. The van der Waals surface area contributed by atoms with Crippen LogP contribution in [0, 0.1) is 0 Å². The van der Waals surface area contributed by atoms with Gasteiger partial charge in [-0.1, -0.05) is 0 Å². The number of anilines is 2. The minimum Gasteiger partial charge on any atom is -0.382 e. The molecule has 2 saturated heterocycles. The molecule has 2 aromatic rings. The Labute approximate surface area is 166 Å². The molecule has 2 aliphatic heterocycles. The van der Waals surface area contributed by atoms with Crippen molar-refractivity contribution in [3.63, 3.8) is 0 Å². The van der Waals surface area contributed by atoms with Gasteiger partial charge in [0, 0.05) is 57.0 Å². The number of aryl methyl sites for hydroxylation is 1. The Morgan fingerprint density at radius 2 is 1.89 bits per heavy atom. The van der Waals surface area contributed by atoms with Crippen LogP contribution in [-0.4, -0.2) is 58.2 Å². The van der Waals surface area contributed by atoms with Crippen LogP contribution in [0.2, 0.25) is 0 Å². The molecule has 0 radical (unpaired) electrons. The Hall–Kier alpha value is -2.38. The van der Waals surface area contributed by atoms with E-state index >= 15 is 0 Å². The van der Waals surface area contributed by atoms with Gasteiger partial charge in [-0.25, -0.2) is 4.98 Å². The van der Waals surface area contributed by atoms with Crippen molar-refractivity contribution in [3.8, 4) is 0 Å². The lowest BCUT2D eigenvalue weighted by molar-refractivity contribution is -0.121. The number of amides is 1. The number of fused-ring (bicyclic) bond motifs is 2. The Kier molecular flexibility index (Phi) is 4.89. The van der Waals surface area contributed by atoms with Gasteiger partial charge < -0.3 is 19.9 Å². The van der Waals surface area contributed by atoms with Gasteiger partial charge in [-0.15, -0.1) is 0 Å². The molecule has 28 heavy (non-hydrogen) atoms. The number of aliphatic hydroxyl groups is 1. The topological polar surface area (TPSA) is 73.6 Å². The van der Waals surface area contributed by atoms with Crippen molar-refractivity contribution in [3.05, 3.63) is 42.5 Å². The van der Waals surface area contributed by atoms with Crippen LogP contribution in [0.3, 0.4) is 0 Å². The number of aromatic nitrogens is 2. The van der Waals surface area contributed by atoms with Gasteiger partial charge in [0.15, 0.2) is 0 Å². The van der Waals surface area contributed by atoms with Gasteiger partial charge in [0.1, 0.15) is 11.4 Å². The van der Waals surface area contributed by atoms with Crippen molar-refractivity contribution in [2.75, 3.05) is 30.9 Å². The molecule has 3 heterocycles. The second kappa shape index (κ2) is 7.22. The minimum absolute atomic E-state index is 0.00284. The maximum atomic E-state index is 12.6. The molecule has 150 valence electrons. The van der Waals surface area contributed by atoms with E-state index in [1.54, 1.807) is 6.20 Å². The normalized spacial score (nSPS) is 27.0. The molecule has 2 bridgehead atoms. The third kappa shape index (κ3) is 3.52. The second-order valence-corrected chi connectivity index (χ2v) is 8.35. The first-order valence-electron chi connectivity index (χ1n) is 9.89. The number of carbonyl (C=O) groups excluding carboxylic acids is 1. The smallest absolute Gasteiger partial charge is 0.238 e. The fraction of sp³-hybridized carbons (Fsp3) is 0.524. The lowest BCUT2D eigenvalue weighted by Crippen LogP contribution is -2.52. The first kappa shape index (κ1) is 19.0. The Balaban J connectivity index is 1.40. The summed E-state index contributed by atoms with van der Waals surface area (Å²) < 4.78 is 1.90. The Morgan fingerprint density at radius 1 is 1.25 bits per heavy atom. The van der Waals surface area contributed by atoms with Crippen LogP contribution in [0.1, 0.15) is 31.5 Å². The van der Waals surface area contributed by atoms with Gasteiger partial charge in [0.05, 0.1) is 6.54 Å². The third-order valence-corrected chi connectivity index (χ3v) is 6.15. The van der Waals surface area contributed by atoms with Crippen LogP contribution >= 0.6 is 0 Å². The zero-order valence-electron chi connectivity index (χ0n) is 16.8. The van der Waals surface area contributed by atoms with Crippen LogP contribution in [-0.2, 0) is 17.4 Å². The number of rotatable bonds is 5. The number of carbonyl (C=O) groups is 1. The van der Waals surface area contributed by atoms with E-state index in [1.807, 2.05) is 61.1 Å². The van der Waals surface area contributed by atoms with E-state index in [1.165, 1.54) is 0 Å². The van der Waals surface area contributed by atoms with Crippen molar-refractivity contribution in [1.29, 1.82) is 0 Å². The molecule has 7 nitrogen and oxygen atoms in total. The number of nitrogens with one attached hydrogen (secondary N) is 1. The summed E-state index contributed by atoms with van der Waals surface area (Å²) in [7, 11) is 5.90. The van der Waals surface area contributed by atoms with E-state index in [0.717, 1.165) is 30.0 Å². The van der Waals surface area contributed by atoms with Crippen LogP contribution in [0.15, 0.2) is 36.7 Å². The quantitative estimate of drug-likeness (QED) is 0.826. The molecule has 2 unspecified atom stereocenters. The molecule has 1 amide bonds. The zero-order chi connectivity index (χ0) is 19.9. The van der Waals surface area contributed by atoms with E-state index in [0.29, 0.717) is 19.4 Å². The summed E-state index contributed by atoms with van der Waals surface area (Å²) in [4.78, 5) is 21.3. The standard InChI is InChI=1S/C21H29N5O2/c1-24(2)16-6-4-15(5-7-16)23-19(27)14-26-17-8-9-18(26)13-21(28,12-17)20-22-10-11-25(20)3/h4-7,10-11,17-18,28H,8-9,12-14H2,1-3H3,(H,23,27). The van der Waals surface area contributed by atoms with Crippen LogP contribution in [0.25, 0.3) is 0 Å². The van der Waals surface area contributed by atoms with Gasteiger partial charge in [-0.2, -0.15) is 0 Å². The molecule has 1 aromatic heterocycles. The number of benzene rings is 1. The molecule has 2 N–H and O–H groups in total. The summed E-state index contributed by atoms with van der Waals surface area (Å²) in [5, 5.41) is 14.2. The molecule has 2 atom stereocenters. The van der Waals surface area contributed by atoms with E-state index < -0.39 is 5.60 Å². The molecule has 7 heteroatoms. The first-order valence-corrected chi connectivity index (χ1v) is 9.89. The fourth-order valence-corrected chi connectivity index (χ4v) is 4.78. The predicted molar refractivity (Wildman–Crippen MR) is 109 cm³/mol. The minimum atomic E-state index is -0.904. The average molecular weight is 383 g/mol. The number of piperidine rings is 1. The van der Waals surface area contributed by atoms with Crippen LogP contribution in [0.5, 0.6) is 0 Å². The third-order valence-electron chi connectivity index (χ3n) is 6.15. The summed E-state index contributed by atoms with van der Waals surface area (Å²) in [5.74, 6) is 0.728. The highest BCUT2D eigenvalue weighted by molar-refractivity contribution is 5.92. The van der Waals surface area contributed by atoms with E-state index in [-0.39, 0.29) is 18.0 Å². The predicted octanol–water partition coefficient (Wildman–Crippen LogP) is 1.94. The molecule has 2 fully saturated rings. The lowest BCUT2D eigenvalue weighted by Gasteiger charge is -2.43. The molecule has 2 aliphatic rings. The Bertz CT molecular complexity index is 831. The van der Waals surface area contributed by atoms with Crippen molar-refractivity contribution < 1.29 is 9.90 Å². The van der Waals surface area contributed by atoms with E-state index in [2.05, 4.69) is 15.2 Å². The summed E-state index contributed by atoms with van der Waals surface area (Å²) in [6.45, 7) is 0.363. The highest BCUT2D eigenvalue weighted by atomic mass is 16.3. The highest BCUT2D eigenvalue weighted by Crippen LogP contribution is 2.44. The largest absolute Gasteiger partial charge is 0.382 e. The Morgan fingerprint density at radius 3 is 2.43 bits per heavy atom. The maximum Gasteiger partial charge on any atom is 0.238 e. The van der Waals surface area contributed by atoms with E-state index in [4.69, 9.17) is 0 Å². The van der Waals surface area contributed by atoms with Crippen molar-refractivity contribution in [1.82, 2.24) is 14.5 Å². The average Bonchev–Trinajstić information content (AvgIpc) is 3.18. The molecular weight excluding hydrogens is 354 g/mol. The van der Waals surface area contributed by atoms with Gasteiger partial charge in [-0.05, 0) is 49.9 Å². The first-order chi connectivity index (χ1) is 13.4. The van der Waals surface area contributed by atoms with Gasteiger partial charge in [0.25, 0.3) is 0 Å². The molecule has 1 aromatic carbocycles. The number of hydrogen-bond donors (Lipinski definition) is 2. The summed E-state index contributed by atoms with van der Waals surface area (Å²) >= 11 is 0. The zero-order valence-corrected chi connectivity index (χ0v) is 16.8. The molecule has 0 spiro atoms. The molecule has 0 aliphatic carbocycles. The number of nitrogens with zero attached hydrogens (tertiary/aromatic N) is 4. The van der Waals surface area contributed by atoms with Crippen LogP contribution in [0.4, 0.5) is 11.4 Å². The number of hydrogen-bond acceptors (Lipinski definition) is 5. The van der Waals surface area contributed by atoms with Gasteiger partial charge in [0.2, 0.25) is 5.91 Å². The summed E-state index contributed by atoms with van der Waals surface area (Å²) in [6.07, 6.45) is 6.88. The second-order valence-electron chi connectivity index (χ2n) is 8.35. The summed E-state index contributed by atoms with van der Waals surface area (Å²) in [6, 6.07) is 8.26. The van der Waals surface area contributed by atoms with Gasteiger partial charge >= 0.3 is 0 Å². The van der Waals surface area contributed by atoms with Crippen molar-refractivity contribution >= 4 is 17.3 Å². The van der Waals surface area contributed by atoms with Crippen molar-refractivity contribution in [2.45, 2.75) is 43.4 Å². The maximum absolute atomic E-state index is 12.6. The van der Waals surface area contributed by atoms with Crippen LogP contribution < -0.4 is 10.2 Å². The monoisotopic (exact) mass is 383 g/mol.